The van der Waals surface area contributed by atoms with Gasteiger partial charge in [-0.3, -0.25) is 14.6 Å². The molecule has 0 unspecified atom stereocenters. The van der Waals surface area contributed by atoms with Gasteiger partial charge >= 0.3 is 0 Å². The largest absolute Gasteiger partial charge is 0.349 e. The summed E-state index contributed by atoms with van der Waals surface area (Å²) in [5.74, 6) is -0.214. The lowest BCUT2D eigenvalue weighted by Crippen LogP contribution is -2.36. The van der Waals surface area contributed by atoms with Crippen LogP contribution in [-0.2, 0) is 0 Å². The number of aromatic nitrogens is 1. The highest BCUT2D eigenvalue weighted by molar-refractivity contribution is 5.99. The van der Waals surface area contributed by atoms with Crippen LogP contribution in [0.1, 0.15) is 72.6 Å². The molecule has 1 aromatic heterocycles. The summed E-state index contributed by atoms with van der Waals surface area (Å²) >= 11 is 0. The molecule has 0 aromatic carbocycles. The lowest BCUT2D eigenvalue weighted by atomic mass is 9.95. The van der Waals surface area contributed by atoms with Crippen molar-refractivity contribution in [1.82, 2.24) is 15.2 Å². The third-order valence-corrected chi connectivity index (χ3v) is 4.38. The first-order valence-corrected chi connectivity index (χ1v) is 8.63. The molecule has 0 atom stereocenters. The Hall–Kier alpha value is -1.91. The number of rotatable bonds is 6. The molecule has 1 fully saturated rings. The number of nitrogens with one attached hydrogen (secondary N) is 1. The van der Waals surface area contributed by atoms with Crippen molar-refractivity contribution in [3.63, 3.8) is 0 Å². The zero-order valence-corrected chi connectivity index (χ0v) is 14.2. The van der Waals surface area contributed by atoms with Crippen LogP contribution in [0.25, 0.3) is 0 Å². The minimum atomic E-state index is -0.129. The second-order valence-electron chi connectivity index (χ2n) is 6.35. The summed E-state index contributed by atoms with van der Waals surface area (Å²) < 4.78 is 0. The molecular formula is C18H27N3O2. The standard InChI is InChI=1S/C18H27N3O2/c1-3-4-10-21(2)18(23)15-11-14(12-19-13-15)17(22)20-16-8-6-5-7-9-16/h11-13,16H,3-10H2,1-2H3,(H,20,22). The maximum absolute atomic E-state index is 12.4. The van der Waals surface area contributed by atoms with Gasteiger partial charge in [-0.05, 0) is 25.3 Å². The van der Waals surface area contributed by atoms with Gasteiger partial charge < -0.3 is 10.2 Å². The zero-order valence-electron chi connectivity index (χ0n) is 14.2. The number of amides is 2. The number of nitrogens with zero attached hydrogens (tertiary/aromatic N) is 2. The van der Waals surface area contributed by atoms with Crippen molar-refractivity contribution >= 4 is 11.8 Å². The van der Waals surface area contributed by atoms with Crippen LogP contribution in [0.2, 0.25) is 0 Å². The fourth-order valence-corrected chi connectivity index (χ4v) is 2.91. The molecule has 2 amide bonds. The van der Waals surface area contributed by atoms with Gasteiger partial charge in [0.15, 0.2) is 0 Å². The van der Waals surface area contributed by atoms with E-state index in [1.807, 2.05) is 0 Å². The highest BCUT2D eigenvalue weighted by atomic mass is 16.2. The third-order valence-electron chi connectivity index (χ3n) is 4.38. The summed E-state index contributed by atoms with van der Waals surface area (Å²) in [6, 6.07) is 1.90. The predicted molar refractivity (Wildman–Crippen MR) is 90.4 cm³/mol. The molecule has 5 nitrogen and oxygen atoms in total. The molecule has 0 bridgehead atoms. The molecule has 1 aliphatic carbocycles. The van der Waals surface area contributed by atoms with E-state index >= 15 is 0 Å². The van der Waals surface area contributed by atoms with Crippen molar-refractivity contribution in [2.45, 2.75) is 57.9 Å². The highest BCUT2D eigenvalue weighted by Gasteiger charge is 2.18. The van der Waals surface area contributed by atoms with E-state index < -0.39 is 0 Å². The molecule has 1 aromatic rings. The average Bonchev–Trinajstić information content (AvgIpc) is 2.60. The Labute approximate surface area is 138 Å². The summed E-state index contributed by atoms with van der Waals surface area (Å²) in [4.78, 5) is 30.5. The SMILES string of the molecule is CCCCN(C)C(=O)c1cncc(C(=O)NC2CCCCC2)c1. The van der Waals surface area contributed by atoms with Crippen molar-refractivity contribution in [1.29, 1.82) is 0 Å². The summed E-state index contributed by atoms with van der Waals surface area (Å²) in [5.41, 5.74) is 0.935. The molecule has 0 spiro atoms. The molecule has 23 heavy (non-hydrogen) atoms. The summed E-state index contributed by atoms with van der Waals surface area (Å²) in [6.45, 7) is 2.81. The lowest BCUT2D eigenvalue weighted by molar-refractivity contribution is 0.0793. The quantitative estimate of drug-likeness (QED) is 0.877. The Morgan fingerprint density at radius 2 is 1.91 bits per heavy atom. The van der Waals surface area contributed by atoms with E-state index in [0.29, 0.717) is 17.7 Å². The molecule has 1 saturated carbocycles. The molecule has 2 rings (SSSR count). The summed E-state index contributed by atoms with van der Waals surface area (Å²) in [6.07, 6.45) is 10.7. The fourth-order valence-electron chi connectivity index (χ4n) is 2.91. The molecule has 0 aliphatic heterocycles. The molecule has 1 aliphatic rings. The predicted octanol–water partition coefficient (Wildman–Crippen LogP) is 3.02. The minimum Gasteiger partial charge on any atom is -0.349 e. The normalized spacial score (nSPS) is 15.2. The third kappa shape index (κ3) is 5.05. The van der Waals surface area contributed by atoms with Crippen molar-refractivity contribution in [2.75, 3.05) is 13.6 Å². The number of carbonyl (C=O) groups is 2. The fraction of sp³-hybridized carbons (Fsp3) is 0.611. The maximum atomic E-state index is 12.4. The van der Waals surface area contributed by atoms with Crippen molar-refractivity contribution < 1.29 is 9.59 Å². The molecule has 1 heterocycles. The topological polar surface area (TPSA) is 62.3 Å². The van der Waals surface area contributed by atoms with Crippen LogP contribution in [0.3, 0.4) is 0 Å². The summed E-state index contributed by atoms with van der Waals surface area (Å²) in [7, 11) is 1.78. The van der Waals surface area contributed by atoms with Crippen LogP contribution >= 0.6 is 0 Å². The smallest absolute Gasteiger partial charge is 0.255 e. The van der Waals surface area contributed by atoms with Crippen molar-refractivity contribution in [3.05, 3.63) is 29.6 Å². The number of unbranched alkanes of at least 4 members (excludes halogenated alkanes) is 1. The van der Waals surface area contributed by atoms with E-state index in [9.17, 15) is 9.59 Å². The first-order chi connectivity index (χ1) is 11.1. The number of pyridine rings is 1. The Morgan fingerprint density at radius 3 is 2.61 bits per heavy atom. The summed E-state index contributed by atoms with van der Waals surface area (Å²) in [5, 5.41) is 3.06. The number of hydrogen-bond donors (Lipinski definition) is 1. The van der Waals surface area contributed by atoms with Gasteiger partial charge in [0.25, 0.3) is 11.8 Å². The molecule has 0 saturated heterocycles. The Morgan fingerprint density at radius 1 is 1.22 bits per heavy atom. The monoisotopic (exact) mass is 317 g/mol. The first-order valence-electron chi connectivity index (χ1n) is 8.63. The number of carbonyl (C=O) groups excluding carboxylic acids is 2. The zero-order chi connectivity index (χ0) is 16.7. The van der Waals surface area contributed by atoms with Gasteiger partial charge in [0, 0.05) is 32.0 Å². The first kappa shape index (κ1) is 17.4. The highest BCUT2D eigenvalue weighted by Crippen LogP contribution is 2.18. The molecule has 5 heteroatoms. The maximum Gasteiger partial charge on any atom is 0.255 e. The van der Waals surface area contributed by atoms with Crippen molar-refractivity contribution in [3.8, 4) is 0 Å². The van der Waals surface area contributed by atoms with Gasteiger partial charge in [-0.15, -0.1) is 0 Å². The van der Waals surface area contributed by atoms with Crippen LogP contribution in [0, 0.1) is 0 Å². The second kappa shape index (κ2) is 8.65. The van der Waals surface area contributed by atoms with Crippen LogP contribution < -0.4 is 5.32 Å². The molecular weight excluding hydrogens is 290 g/mol. The van der Waals surface area contributed by atoms with E-state index in [4.69, 9.17) is 0 Å². The minimum absolute atomic E-state index is 0.0849. The van der Waals surface area contributed by atoms with Crippen LogP contribution in [0.4, 0.5) is 0 Å². The second-order valence-corrected chi connectivity index (χ2v) is 6.35. The van der Waals surface area contributed by atoms with E-state index in [2.05, 4.69) is 17.2 Å². The Kier molecular flexibility index (Phi) is 6.56. The Balaban J connectivity index is 2.00. The van der Waals surface area contributed by atoms with Crippen LogP contribution in [-0.4, -0.2) is 41.3 Å². The van der Waals surface area contributed by atoms with Gasteiger partial charge in [0.2, 0.25) is 0 Å². The molecule has 126 valence electrons. The molecule has 1 N–H and O–H groups in total. The van der Waals surface area contributed by atoms with Crippen LogP contribution in [0.15, 0.2) is 18.5 Å². The van der Waals surface area contributed by atoms with Gasteiger partial charge in [-0.1, -0.05) is 32.6 Å². The lowest BCUT2D eigenvalue weighted by Gasteiger charge is -2.22. The molecule has 0 radical (unpaired) electrons. The van der Waals surface area contributed by atoms with Gasteiger partial charge in [0.1, 0.15) is 0 Å². The number of hydrogen-bond acceptors (Lipinski definition) is 3. The van der Waals surface area contributed by atoms with E-state index in [1.165, 1.54) is 31.7 Å². The average molecular weight is 317 g/mol. The Bertz CT molecular complexity index is 539. The van der Waals surface area contributed by atoms with Gasteiger partial charge in [-0.2, -0.15) is 0 Å². The van der Waals surface area contributed by atoms with Crippen LogP contribution in [0.5, 0.6) is 0 Å². The van der Waals surface area contributed by atoms with E-state index in [1.54, 1.807) is 18.0 Å². The van der Waals surface area contributed by atoms with Gasteiger partial charge in [-0.25, -0.2) is 0 Å². The van der Waals surface area contributed by atoms with Gasteiger partial charge in [0.05, 0.1) is 11.1 Å². The van der Waals surface area contributed by atoms with E-state index in [-0.39, 0.29) is 17.9 Å². The van der Waals surface area contributed by atoms with Crippen molar-refractivity contribution in [2.24, 2.45) is 0 Å². The van der Waals surface area contributed by atoms with E-state index in [0.717, 1.165) is 25.7 Å².